The fourth-order valence-corrected chi connectivity index (χ4v) is 2.79. The van der Waals surface area contributed by atoms with Crippen molar-refractivity contribution in [2.24, 2.45) is 16.3 Å². The van der Waals surface area contributed by atoms with Crippen LogP contribution in [0.1, 0.15) is 59.8 Å². The Bertz CT molecular complexity index is 395. The first-order valence-corrected chi connectivity index (χ1v) is 7.57. The number of ketones is 2. The van der Waals surface area contributed by atoms with E-state index in [1.807, 2.05) is 27.7 Å². The van der Waals surface area contributed by atoms with Crippen molar-refractivity contribution in [3.63, 3.8) is 0 Å². The van der Waals surface area contributed by atoms with E-state index in [-0.39, 0.29) is 29.6 Å². The maximum absolute atomic E-state index is 12.3. The van der Waals surface area contributed by atoms with Crippen molar-refractivity contribution in [2.45, 2.75) is 65.8 Å². The third-order valence-corrected chi connectivity index (χ3v) is 3.82. The summed E-state index contributed by atoms with van der Waals surface area (Å²) in [6.07, 6.45) is 2.98. The lowest BCUT2D eigenvalue weighted by atomic mass is 9.69. The van der Waals surface area contributed by atoms with Crippen LogP contribution in [0.15, 0.2) is 4.99 Å². The van der Waals surface area contributed by atoms with Gasteiger partial charge in [-0.1, -0.05) is 27.7 Å². The van der Waals surface area contributed by atoms with Crippen LogP contribution in [0.3, 0.4) is 0 Å². The molecule has 0 aromatic heterocycles. The summed E-state index contributed by atoms with van der Waals surface area (Å²) in [6.45, 7) is 7.91. The molecule has 1 aliphatic carbocycles. The minimum absolute atomic E-state index is 0.00811. The monoisotopic (exact) mass is 281 g/mol. The number of rotatable bonds is 6. The van der Waals surface area contributed by atoms with Crippen molar-refractivity contribution in [2.75, 3.05) is 6.61 Å². The topological polar surface area (TPSA) is 66.7 Å². The number of carbonyl (C=O) groups excluding carboxylic acids is 2. The summed E-state index contributed by atoms with van der Waals surface area (Å²) in [4.78, 5) is 29.1. The zero-order chi connectivity index (χ0) is 15.3. The molecule has 1 saturated carbocycles. The highest BCUT2D eigenvalue weighted by molar-refractivity contribution is 6.22. The molecule has 0 heterocycles. The first-order chi connectivity index (χ1) is 9.34. The van der Waals surface area contributed by atoms with Crippen LogP contribution >= 0.6 is 0 Å². The lowest BCUT2D eigenvalue weighted by Gasteiger charge is -2.34. The Morgan fingerprint density at radius 1 is 1.40 bits per heavy atom. The lowest BCUT2D eigenvalue weighted by molar-refractivity contribution is -0.132. The zero-order valence-corrected chi connectivity index (χ0v) is 13.1. The number of hydrogen-bond donors (Lipinski definition) is 1. The molecule has 1 rings (SSSR count). The Kier molecular flexibility index (Phi) is 6.06. The van der Waals surface area contributed by atoms with Crippen LogP contribution in [-0.2, 0) is 9.59 Å². The Balaban J connectivity index is 3.09. The van der Waals surface area contributed by atoms with Gasteiger partial charge in [-0.2, -0.15) is 0 Å². The Labute approximate surface area is 121 Å². The van der Waals surface area contributed by atoms with Crippen LogP contribution in [0.4, 0.5) is 0 Å². The molecule has 0 spiro atoms. The van der Waals surface area contributed by atoms with Gasteiger partial charge in [-0.05, 0) is 24.7 Å². The van der Waals surface area contributed by atoms with Crippen LogP contribution in [0, 0.1) is 11.3 Å². The molecule has 0 aliphatic heterocycles. The molecule has 4 nitrogen and oxygen atoms in total. The highest BCUT2D eigenvalue weighted by Crippen LogP contribution is 2.35. The molecular weight excluding hydrogens is 254 g/mol. The van der Waals surface area contributed by atoms with Crippen LogP contribution in [0.5, 0.6) is 0 Å². The summed E-state index contributed by atoms with van der Waals surface area (Å²) < 4.78 is 0. The summed E-state index contributed by atoms with van der Waals surface area (Å²) in [5.41, 5.74) is 0.540. The molecule has 1 N–H and O–H groups in total. The average molecular weight is 281 g/mol. The van der Waals surface area contributed by atoms with Gasteiger partial charge in [-0.25, -0.2) is 0 Å². The van der Waals surface area contributed by atoms with E-state index in [9.17, 15) is 14.7 Å². The maximum Gasteiger partial charge on any atom is 0.149 e. The highest BCUT2D eigenvalue weighted by atomic mass is 16.3. The molecule has 20 heavy (non-hydrogen) atoms. The molecule has 0 amide bonds. The van der Waals surface area contributed by atoms with Gasteiger partial charge >= 0.3 is 0 Å². The van der Waals surface area contributed by atoms with Crippen molar-refractivity contribution >= 4 is 17.3 Å². The van der Waals surface area contributed by atoms with Crippen molar-refractivity contribution in [3.05, 3.63) is 0 Å². The van der Waals surface area contributed by atoms with Crippen molar-refractivity contribution in [1.29, 1.82) is 0 Å². The van der Waals surface area contributed by atoms with Crippen LogP contribution in [0.2, 0.25) is 0 Å². The number of nitrogens with zero attached hydrogens (tertiary/aromatic N) is 1. The molecule has 4 heteroatoms. The predicted octanol–water partition coefficient (Wildman–Crippen LogP) is 2.57. The van der Waals surface area contributed by atoms with E-state index in [1.54, 1.807) is 0 Å². The molecule has 0 aromatic rings. The Hall–Kier alpha value is -1.03. The molecule has 0 unspecified atom stereocenters. The number of hydrogen-bond acceptors (Lipinski definition) is 4. The first-order valence-electron chi connectivity index (χ1n) is 7.57. The Morgan fingerprint density at radius 2 is 2.05 bits per heavy atom. The maximum atomic E-state index is 12.3. The minimum atomic E-state index is -0.663. The van der Waals surface area contributed by atoms with Crippen LogP contribution in [0.25, 0.3) is 0 Å². The molecule has 114 valence electrons. The van der Waals surface area contributed by atoms with Crippen molar-refractivity contribution < 1.29 is 14.7 Å². The second kappa shape index (κ2) is 7.11. The number of aliphatic imine (C=N–C) groups is 1. The number of aliphatic hydroxyl groups excluding tert-OH is 1. The molecular formula is C16H27NO3. The average Bonchev–Trinajstić information content (AvgIpc) is 2.34. The van der Waals surface area contributed by atoms with Gasteiger partial charge in [-0.3, -0.25) is 14.6 Å². The third-order valence-electron chi connectivity index (χ3n) is 3.82. The summed E-state index contributed by atoms with van der Waals surface area (Å²) in [5, 5.41) is 9.30. The van der Waals surface area contributed by atoms with Gasteiger partial charge in [0.05, 0.1) is 12.6 Å². The van der Waals surface area contributed by atoms with Gasteiger partial charge in [0.2, 0.25) is 0 Å². The molecule has 0 bridgehead atoms. The molecule has 1 aliphatic rings. The largest absolute Gasteiger partial charge is 0.394 e. The zero-order valence-electron chi connectivity index (χ0n) is 13.1. The summed E-state index contributed by atoms with van der Waals surface area (Å²) >= 11 is 0. The normalized spacial score (nSPS) is 25.8. The van der Waals surface area contributed by atoms with Gasteiger partial charge < -0.3 is 5.11 Å². The van der Waals surface area contributed by atoms with E-state index in [2.05, 4.69) is 4.99 Å². The molecule has 1 fully saturated rings. The van der Waals surface area contributed by atoms with Gasteiger partial charge in [0.25, 0.3) is 0 Å². The van der Waals surface area contributed by atoms with Gasteiger partial charge in [-0.15, -0.1) is 0 Å². The predicted molar refractivity (Wildman–Crippen MR) is 80.0 cm³/mol. The van der Waals surface area contributed by atoms with Crippen LogP contribution in [-0.4, -0.2) is 35.0 Å². The van der Waals surface area contributed by atoms with E-state index in [0.717, 1.165) is 6.42 Å². The van der Waals surface area contributed by atoms with E-state index in [1.165, 1.54) is 0 Å². The molecule has 0 aromatic carbocycles. The van der Waals surface area contributed by atoms with Gasteiger partial charge in [0.15, 0.2) is 0 Å². The summed E-state index contributed by atoms with van der Waals surface area (Å²) in [6, 6.07) is -0.205. The number of carbonyl (C=O) groups is 2. The highest BCUT2D eigenvalue weighted by Gasteiger charge is 2.41. The smallest absolute Gasteiger partial charge is 0.149 e. The fourth-order valence-electron chi connectivity index (χ4n) is 2.79. The summed E-state index contributed by atoms with van der Waals surface area (Å²) in [5.74, 6) is -0.686. The van der Waals surface area contributed by atoms with E-state index < -0.39 is 5.92 Å². The van der Waals surface area contributed by atoms with Crippen molar-refractivity contribution in [3.8, 4) is 0 Å². The quantitative estimate of drug-likeness (QED) is 0.761. The number of aliphatic hydroxyl groups is 1. The number of Topliss-reactive ketones (excluding diaryl/α,β-unsaturated/α-hetero) is 2. The fraction of sp³-hybridized carbons (Fsp3) is 0.812. The standard InChI is InChI=1S/C16H27NO3/c1-5-7-13(19)15-12(17-11(6-2)10-18)8-16(3,4)9-14(15)20/h11,15,18H,5-10H2,1-4H3/t11-,15+/m1/s1. The van der Waals surface area contributed by atoms with Crippen LogP contribution < -0.4 is 0 Å². The van der Waals surface area contributed by atoms with E-state index >= 15 is 0 Å². The lowest BCUT2D eigenvalue weighted by Crippen LogP contribution is -2.42. The van der Waals surface area contributed by atoms with Gasteiger partial charge in [0, 0.05) is 18.6 Å². The minimum Gasteiger partial charge on any atom is -0.394 e. The van der Waals surface area contributed by atoms with Crippen molar-refractivity contribution in [1.82, 2.24) is 0 Å². The van der Waals surface area contributed by atoms with E-state index in [0.29, 0.717) is 31.4 Å². The summed E-state index contributed by atoms with van der Waals surface area (Å²) in [7, 11) is 0. The van der Waals surface area contributed by atoms with E-state index in [4.69, 9.17) is 0 Å². The molecule has 2 atom stereocenters. The molecule has 0 saturated heterocycles. The SMILES string of the molecule is CCCC(=O)[C@H]1C(=O)CC(C)(C)CC1=N[C@H](CC)CO. The second-order valence-corrected chi connectivity index (χ2v) is 6.50. The van der Waals surface area contributed by atoms with Gasteiger partial charge in [0.1, 0.15) is 17.5 Å². The Morgan fingerprint density at radius 3 is 2.55 bits per heavy atom. The second-order valence-electron chi connectivity index (χ2n) is 6.50. The first kappa shape index (κ1) is 17.0. The third kappa shape index (κ3) is 4.23. The molecule has 0 radical (unpaired) electrons.